The topological polar surface area (TPSA) is 43.6 Å². The normalized spacial score (nSPS) is 11.0. The maximum absolute atomic E-state index is 5.71. The molecule has 0 unspecified atom stereocenters. The number of fused-ring (bicyclic) bond motifs is 1. The van der Waals surface area contributed by atoms with Crippen LogP contribution in [0, 0.1) is 0 Å². The number of aromatic nitrogens is 4. The van der Waals surface area contributed by atoms with Crippen LogP contribution in [0.4, 0.5) is 0 Å². The van der Waals surface area contributed by atoms with Gasteiger partial charge in [0, 0.05) is 12.6 Å². The summed E-state index contributed by atoms with van der Waals surface area (Å²) in [5.74, 6) is 0. The highest BCUT2D eigenvalue weighted by atomic mass is 35.5. The fourth-order valence-corrected chi connectivity index (χ4v) is 1.47. The number of imidazole rings is 1. The molecule has 0 N–H and O–H groups in total. The predicted octanol–water partition coefficient (Wildman–Crippen LogP) is 2.28. The molecule has 0 saturated heterocycles. The van der Waals surface area contributed by atoms with E-state index in [-0.39, 0.29) is 0 Å². The van der Waals surface area contributed by atoms with Crippen molar-refractivity contribution in [3.8, 4) is 0 Å². The fraction of sp³-hybridized carbons (Fsp3) is 0.444. The summed E-state index contributed by atoms with van der Waals surface area (Å²) in [6.45, 7) is 3.09. The van der Waals surface area contributed by atoms with Crippen LogP contribution in [0.1, 0.15) is 19.8 Å². The molecule has 0 fully saturated rings. The molecule has 0 saturated carbocycles. The lowest BCUT2D eigenvalue weighted by Crippen LogP contribution is -1.97. The van der Waals surface area contributed by atoms with E-state index in [9.17, 15) is 0 Å². The molecule has 0 aliphatic rings. The van der Waals surface area contributed by atoms with Crippen molar-refractivity contribution < 1.29 is 0 Å². The minimum atomic E-state index is 0.387. The van der Waals surface area contributed by atoms with Gasteiger partial charge >= 0.3 is 0 Å². The fourth-order valence-electron chi connectivity index (χ4n) is 1.33. The predicted molar refractivity (Wildman–Crippen MR) is 55.2 cm³/mol. The summed E-state index contributed by atoms with van der Waals surface area (Å²) in [5.41, 5.74) is 1.61. The zero-order valence-electron chi connectivity index (χ0n) is 7.94. The average molecular weight is 211 g/mol. The van der Waals surface area contributed by atoms with Crippen LogP contribution >= 0.6 is 11.6 Å². The van der Waals surface area contributed by atoms with Gasteiger partial charge in [0.05, 0.1) is 6.33 Å². The van der Waals surface area contributed by atoms with Crippen molar-refractivity contribution in [1.29, 1.82) is 0 Å². The third-order valence-corrected chi connectivity index (χ3v) is 2.27. The van der Waals surface area contributed by atoms with E-state index in [1.54, 1.807) is 12.4 Å². The van der Waals surface area contributed by atoms with Gasteiger partial charge in [0.25, 0.3) is 0 Å². The van der Waals surface area contributed by atoms with Gasteiger partial charge in [-0.3, -0.25) is 0 Å². The molecule has 4 nitrogen and oxygen atoms in total. The highest BCUT2D eigenvalue weighted by molar-refractivity contribution is 6.29. The highest BCUT2D eigenvalue weighted by Crippen LogP contribution is 2.13. The van der Waals surface area contributed by atoms with Gasteiger partial charge in [-0.05, 0) is 6.42 Å². The molecular formula is C9H11ClN4. The maximum atomic E-state index is 5.71. The average Bonchev–Trinajstić information content (AvgIpc) is 2.57. The largest absolute Gasteiger partial charge is 0.314 e. The second kappa shape index (κ2) is 3.92. The van der Waals surface area contributed by atoms with Crippen LogP contribution in [0.5, 0.6) is 0 Å². The lowest BCUT2D eigenvalue weighted by atomic mass is 10.3. The molecule has 0 aliphatic carbocycles. The number of aryl methyl sites for hydroxylation is 1. The number of hydrogen-bond acceptors (Lipinski definition) is 3. The second-order valence-corrected chi connectivity index (χ2v) is 3.55. The van der Waals surface area contributed by atoms with E-state index in [1.807, 2.05) is 4.57 Å². The monoisotopic (exact) mass is 210 g/mol. The molecule has 2 rings (SSSR count). The Labute approximate surface area is 86.9 Å². The van der Waals surface area contributed by atoms with Crippen LogP contribution in [0.25, 0.3) is 11.2 Å². The van der Waals surface area contributed by atoms with Crippen LogP contribution in [0.3, 0.4) is 0 Å². The minimum Gasteiger partial charge on any atom is -0.314 e. The Morgan fingerprint density at radius 3 is 3.07 bits per heavy atom. The van der Waals surface area contributed by atoms with Crippen molar-refractivity contribution in [2.75, 3.05) is 0 Å². The first-order chi connectivity index (χ1) is 6.81. The van der Waals surface area contributed by atoms with Crippen molar-refractivity contribution in [3.63, 3.8) is 0 Å². The SMILES string of the molecule is CCCCn1cnc2cc(Cl)nnc21. The Bertz CT molecular complexity index is 437. The number of nitrogens with zero attached hydrogens (tertiary/aromatic N) is 4. The molecule has 0 bridgehead atoms. The maximum Gasteiger partial charge on any atom is 0.182 e. The lowest BCUT2D eigenvalue weighted by Gasteiger charge is -2.00. The molecule has 0 spiro atoms. The van der Waals surface area contributed by atoms with E-state index >= 15 is 0 Å². The number of rotatable bonds is 3. The Balaban J connectivity index is 2.37. The summed E-state index contributed by atoms with van der Waals surface area (Å²) in [6.07, 6.45) is 4.06. The van der Waals surface area contributed by atoms with Crippen LogP contribution < -0.4 is 0 Å². The quantitative estimate of drug-likeness (QED) is 0.781. The molecule has 0 aliphatic heterocycles. The molecule has 2 aromatic rings. The number of unbranched alkanes of at least 4 members (excludes halogenated alkanes) is 1. The number of halogens is 1. The van der Waals surface area contributed by atoms with Crippen LogP contribution in [0.15, 0.2) is 12.4 Å². The van der Waals surface area contributed by atoms with Gasteiger partial charge in [-0.2, -0.15) is 0 Å². The summed E-state index contributed by atoms with van der Waals surface area (Å²) in [6, 6.07) is 1.73. The van der Waals surface area contributed by atoms with E-state index in [4.69, 9.17) is 11.6 Å². The molecule has 2 heterocycles. The Morgan fingerprint density at radius 2 is 2.29 bits per heavy atom. The Kier molecular flexibility index (Phi) is 2.63. The highest BCUT2D eigenvalue weighted by Gasteiger charge is 2.04. The van der Waals surface area contributed by atoms with Gasteiger partial charge in [0.15, 0.2) is 10.8 Å². The third-order valence-electron chi connectivity index (χ3n) is 2.09. The summed E-state index contributed by atoms with van der Waals surface area (Å²) in [7, 11) is 0. The third kappa shape index (κ3) is 1.70. The van der Waals surface area contributed by atoms with Gasteiger partial charge in [-0.15, -0.1) is 10.2 Å². The molecule has 0 amide bonds. The van der Waals surface area contributed by atoms with Crippen LogP contribution in [0.2, 0.25) is 5.15 Å². The van der Waals surface area contributed by atoms with Crippen LogP contribution in [-0.4, -0.2) is 19.7 Å². The van der Waals surface area contributed by atoms with Gasteiger partial charge in [0.1, 0.15) is 5.52 Å². The van der Waals surface area contributed by atoms with Gasteiger partial charge in [0.2, 0.25) is 0 Å². The molecule has 0 radical (unpaired) electrons. The molecular weight excluding hydrogens is 200 g/mol. The number of hydrogen-bond donors (Lipinski definition) is 0. The van der Waals surface area contributed by atoms with Crippen molar-refractivity contribution in [1.82, 2.24) is 19.7 Å². The van der Waals surface area contributed by atoms with Crippen molar-refractivity contribution in [2.24, 2.45) is 0 Å². The van der Waals surface area contributed by atoms with Crippen molar-refractivity contribution in [3.05, 3.63) is 17.5 Å². The van der Waals surface area contributed by atoms with E-state index in [0.717, 1.165) is 30.6 Å². The smallest absolute Gasteiger partial charge is 0.182 e. The van der Waals surface area contributed by atoms with E-state index in [2.05, 4.69) is 22.1 Å². The summed E-state index contributed by atoms with van der Waals surface area (Å²) in [4.78, 5) is 4.21. The van der Waals surface area contributed by atoms with Gasteiger partial charge in [-0.1, -0.05) is 24.9 Å². The first-order valence-corrected chi connectivity index (χ1v) is 5.03. The van der Waals surface area contributed by atoms with E-state index in [1.165, 1.54) is 0 Å². The Hall–Kier alpha value is -1.16. The van der Waals surface area contributed by atoms with Crippen LogP contribution in [-0.2, 0) is 6.54 Å². The van der Waals surface area contributed by atoms with Crippen molar-refractivity contribution >= 4 is 22.8 Å². The van der Waals surface area contributed by atoms with Gasteiger partial charge < -0.3 is 4.57 Å². The standard InChI is InChI=1S/C9H11ClN4/c1-2-3-4-14-6-11-7-5-8(10)12-13-9(7)14/h5-6H,2-4H2,1H3. The molecule has 5 heteroatoms. The molecule has 2 aromatic heterocycles. The molecule has 0 aromatic carbocycles. The zero-order chi connectivity index (χ0) is 9.97. The minimum absolute atomic E-state index is 0.387. The summed E-state index contributed by atoms with van der Waals surface area (Å²) in [5, 5.41) is 8.20. The first kappa shape index (κ1) is 9.40. The second-order valence-electron chi connectivity index (χ2n) is 3.17. The summed E-state index contributed by atoms with van der Waals surface area (Å²) < 4.78 is 2.00. The lowest BCUT2D eigenvalue weighted by molar-refractivity contribution is 0.639. The van der Waals surface area contributed by atoms with E-state index in [0.29, 0.717) is 5.15 Å². The first-order valence-electron chi connectivity index (χ1n) is 4.65. The Morgan fingerprint density at radius 1 is 1.43 bits per heavy atom. The molecule has 0 atom stereocenters. The van der Waals surface area contributed by atoms with Crippen molar-refractivity contribution in [2.45, 2.75) is 26.3 Å². The summed E-state index contributed by atoms with van der Waals surface area (Å²) >= 11 is 5.71. The molecule has 14 heavy (non-hydrogen) atoms. The van der Waals surface area contributed by atoms with Gasteiger partial charge in [-0.25, -0.2) is 4.98 Å². The zero-order valence-corrected chi connectivity index (χ0v) is 8.70. The van der Waals surface area contributed by atoms with E-state index < -0.39 is 0 Å². The molecule has 74 valence electrons.